The van der Waals surface area contributed by atoms with E-state index in [1.807, 2.05) is 0 Å². The van der Waals surface area contributed by atoms with Crippen molar-refractivity contribution in [1.82, 2.24) is 0 Å². The van der Waals surface area contributed by atoms with Crippen LogP contribution in [-0.2, 0) is 10.0 Å². The van der Waals surface area contributed by atoms with Crippen LogP contribution in [0.2, 0.25) is 5.02 Å². The summed E-state index contributed by atoms with van der Waals surface area (Å²) >= 11 is 5.63. The van der Waals surface area contributed by atoms with Crippen LogP contribution in [0.4, 0.5) is 0 Å². The minimum Gasteiger partial charge on any atom is -0.324 e. The molecule has 0 unspecified atom stereocenters. The molecule has 0 amide bonds. The van der Waals surface area contributed by atoms with Crippen molar-refractivity contribution in [3.05, 3.63) is 28.8 Å². The number of benzene rings is 1. The van der Waals surface area contributed by atoms with Crippen molar-refractivity contribution in [3.8, 4) is 0 Å². The summed E-state index contributed by atoms with van der Waals surface area (Å²) in [4.78, 5) is 10.9. The van der Waals surface area contributed by atoms with Gasteiger partial charge in [-0.15, -0.1) is 12.4 Å². The van der Waals surface area contributed by atoms with Crippen LogP contribution in [0.1, 0.15) is 10.4 Å². The summed E-state index contributed by atoms with van der Waals surface area (Å²) in [5.41, 5.74) is 5.31. The maximum absolute atomic E-state index is 11.2. The van der Waals surface area contributed by atoms with E-state index in [0.717, 1.165) is 6.07 Å². The van der Waals surface area contributed by atoms with Gasteiger partial charge in [-0.05, 0) is 18.2 Å². The molecule has 5 nitrogen and oxygen atoms in total. The fraction of sp³-hybridized carbons (Fsp3) is 0.125. The second-order valence-electron chi connectivity index (χ2n) is 2.82. The Morgan fingerprint density at radius 1 is 1.38 bits per heavy atom. The van der Waals surface area contributed by atoms with Gasteiger partial charge in [0.15, 0.2) is 5.78 Å². The molecule has 0 atom stereocenters. The zero-order valence-electron chi connectivity index (χ0n) is 8.01. The first-order valence-corrected chi connectivity index (χ1v) is 5.84. The third kappa shape index (κ3) is 3.43. The lowest BCUT2D eigenvalue weighted by Crippen LogP contribution is -2.16. The van der Waals surface area contributed by atoms with Crippen LogP contribution in [0.5, 0.6) is 0 Å². The normalized spacial score (nSPS) is 10.7. The standard InChI is InChI=1S/C8H9ClN2O3S.ClH/c9-6-2-1-5(7(12)4-10)3-8(6)15(11,13)14;/h1-3H,4,10H2,(H2,11,13,14);1H. The lowest BCUT2D eigenvalue weighted by Gasteiger charge is -2.04. The zero-order valence-corrected chi connectivity index (χ0v) is 10.4. The Bertz CT molecular complexity index is 502. The molecule has 1 rings (SSSR count). The van der Waals surface area contributed by atoms with Gasteiger partial charge in [0.1, 0.15) is 4.90 Å². The molecule has 0 aliphatic carbocycles. The van der Waals surface area contributed by atoms with Crippen molar-refractivity contribution in [1.29, 1.82) is 0 Å². The van der Waals surface area contributed by atoms with Gasteiger partial charge in [0.2, 0.25) is 10.0 Å². The predicted molar refractivity (Wildman–Crippen MR) is 63.5 cm³/mol. The van der Waals surface area contributed by atoms with Crippen molar-refractivity contribution in [2.75, 3.05) is 6.54 Å². The van der Waals surface area contributed by atoms with Crippen LogP contribution in [0.25, 0.3) is 0 Å². The van der Waals surface area contributed by atoms with E-state index in [4.69, 9.17) is 22.5 Å². The molecule has 0 saturated heterocycles. The molecule has 0 radical (unpaired) electrons. The fourth-order valence-electron chi connectivity index (χ4n) is 1.01. The Morgan fingerprint density at radius 2 is 1.94 bits per heavy atom. The molecule has 8 heteroatoms. The SMILES string of the molecule is Cl.NCC(=O)c1ccc(Cl)c(S(N)(=O)=O)c1. The highest BCUT2D eigenvalue weighted by Crippen LogP contribution is 2.21. The molecule has 1 aromatic rings. The highest BCUT2D eigenvalue weighted by molar-refractivity contribution is 7.89. The second kappa shape index (κ2) is 5.60. The molecule has 0 bridgehead atoms. The molecule has 0 aromatic heterocycles. The molecule has 0 saturated carbocycles. The minimum atomic E-state index is -3.92. The lowest BCUT2D eigenvalue weighted by atomic mass is 10.1. The van der Waals surface area contributed by atoms with E-state index in [1.165, 1.54) is 12.1 Å². The number of sulfonamides is 1. The van der Waals surface area contributed by atoms with E-state index in [9.17, 15) is 13.2 Å². The molecule has 1 aromatic carbocycles. The third-order valence-electron chi connectivity index (χ3n) is 1.75. The van der Waals surface area contributed by atoms with Crippen LogP contribution in [0.15, 0.2) is 23.1 Å². The van der Waals surface area contributed by atoms with Gasteiger partial charge in [-0.3, -0.25) is 4.79 Å². The average molecular weight is 285 g/mol. The highest BCUT2D eigenvalue weighted by atomic mass is 35.5. The Labute approximate surface area is 104 Å². The van der Waals surface area contributed by atoms with Crippen LogP contribution in [-0.4, -0.2) is 20.7 Å². The Hall–Kier alpha value is -0.660. The van der Waals surface area contributed by atoms with Crippen molar-refractivity contribution in [3.63, 3.8) is 0 Å². The van der Waals surface area contributed by atoms with Crippen molar-refractivity contribution in [2.24, 2.45) is 10.9 Å². The van der Waals surface area contributed by atoms with E-state index in [0.29, 0.717) is 0 Å². The topological polar surface area (TPSA) is 103 Å². The maximum Gasteiger partial charge on any atom is 0.239 e. The van der Waals surface area contributed by atoms with Gasteiger partial charge < -0.3 is 5.73 Å². The predicted octanol–water partition coefficient (Wildman–Crippen LogP) is 0.551. The number of hydrogen-bond acceptors (Lipinski definition) is 4. The Kier molecular flexibility index (Phi) is 5.37. The zero-order chi connectivity index (χ0) is 11.6. The summed E-state index contributed by atoms with van der Waals surface area (Å²) in [5, 5.41) is 4.89. The monoisotopic (exact) mass is 284 g/mol. The quantitative estimate of drug-likeness (QED) is 0.791. The number of nitrogens with two attached hydrogens (primary N) is 2. The molecule has 16 heavy (non-hydrogen) atoms. The summed E-state index contributed by atoms with van der Waals surface area (Å²) in [5.74, 6) is -0.378. The van der Waals surface area contributed by atoms with Crippen molar-refractivity contribution >= 4 is 39.8 Å². The van der Waals surface area contributed by atoms with Gasteiger partial charge in [-0.25, -0.2) is 13.6 Å². The van der Waals surface area contributed by atoms with E-state index in [-0.39, 0.29) is 40.2 Å². The molecule has 0 aliphatic rings. The number of halogens is 2. The number of rotatable bonds is 3. The maximum atomic E-state index is 11.2. The summed E-state index contributed by atoms with van der Waals surface area (Å²) < 4.78 is 22.1. The van der Waals surface area contributed by atoms with Crippen molar-refractivity contribution in [2.45, 2.75) is 4.90 Å². The summed E-state index contributed by atoms with van der Waals surface area (Å²) in [6.07, 6.45) is 0. The molecule has 0 fully saturated rings. The van der Waals surface area contributed by atoms with Crippen molar-refractivity contribution < 1.29 is 13.2 Å². The lowest BCUT2D eigenvalue weighted by molar-refractivity contribution is 0.100. The van der Waals surface area contributed by atoms with E-state index >= 15 is 0 Å². The first-order valence-electron chi connectivity index (χ1n) is 3.92. The first-order chi connectivity index (χ1) is 6.86. The molecule has 0 heterocycles. The van der Waals surface area contributed by atoms with Crippen LogP contribution in [0.3, 0.4) is 0 Å². The van der Waals surface area contributed by atoms with Gasteiger partial charge in [0.25, 0.3) is 0 Å². The van der Waals surface area contributed by atoms with Crippen LogP contribution in [0, 0.1) is 0 Å². The molecule has 4 N–H and O–H groups in total. The smallest absolute Gasteiger partial charge is 0.239 e. The number of Topliss-reactive ketones (excluding diaryl/α,β-unsaturated/α-hetero) is 1. The van der Waals surface area contributed by atoms with Gasteiger partial charge in [-0.2, -0.15) is 0 Å². The van der Waals surface area contributed by atoms with Crippen LogP contribution >= 0.6 is 24.0 Å². The number of carbonyl (C=O) groups is 1. The summed E-state index contributed by atoms with van der Waals surface area (Å²) in [7, 11) is -3.92. The van der Waals surface area contributed by atoms with Crippen LogP contribution < -0.4 is 10.9 Å². The molecule has 0 spiro atoms. The van der Waals surface area contributed by atoms with E-state index in [2.05, 4.69) is 0 Å². The van der Waals surface area contributed by atoms with E-state index < -0.39 is 10.0 Å². The largest absolute Gasteiger partial charge is 0.324 e. The number of carbonyl (C=O) groups excluding carboxylic acids is 1. The number of hydrogen-bond donors (Lipinski definition) is 2. The second-order valence-corrected chi connectivity index (χ2v) is 4.75. The van der Waals surface area contributed by atoms with Gasteiger partial charge in [-0.1, -0.05) is 11.6 Å². The van der Waals surface area contributed by atoms with Gasteiger partial charge >= 0.3 is 0 Å². The summed E-state index contributed by atoms with van der Waals surface area (Å²) in [6, 6.07) is 3.81. The first kappa shape index (κ1) is 15.3. The highest BCUT2D eigenvalue weighted by Gasteiger charge is 2.15. The van der Waals surface area contributed by atoms with Gasteiger partial charge in [0, 0.05) is 5.56 Å². The average Bonchev–Trinajstić information content (AvgIpc) is 2.15. The Morgan fingerprint density at radius 3 is 2.38 bits per heavy atom. The molecular weight excluding hydrogens is 275 g/mol. The minimum absolute atomic E-state index is 0. The number of ketones is 1. The fourth-order valence-corrected chi connectivity index (χ4v) is 2.08. The Balaban J connectivity index is 0.00000225. The number of primary sulfonamides is 1. The third-order valence-corrected chi connectivity index (χ3v) is 3.14. The molecule has 90 valence electrons. The van der Waals surface area contributed by atoms with Gasteiger partial charge in [0.05, 0.1) is 11.6 Å². The summed E-state index contributed by atoms with van der Waals surface area (Å²) in [6.45, 7) is -0.203. The van der Waals surface area contributed by atoms with E-state index in [1.54, 1.807) is 0 Å². The molecule has 0 aliphatic heterocycles. The molecular formula is C8H10Cl2N2O3S.